The van der Waals surface area contributed by atoms with E-state index in [4.69, 9.17) is 0 Å². The number of rotatable bonds is 5. The second-order valence-electron chi connectivity index (χ2n) is 4.21. The normalized spacial score (nSPS) is 12.6. The molecule has 1 atom stereocenters. The van der Waals surface area contributed by atoms with E-state index in [9.17, 15) is 5.11 Å². The Morgan fingerprint density at radius 1 is 1.29 bits per heavy atom. The first-order valence-corrected chi connectivity index (χ1v) is 6.06. The first-order valence-electron chi connectivity index (χ1n) is 6.06. The molecule has 1 unspecified atom stereocenters. The number of hydrogen-bond acceptors (Lipinski definition) is 2. The molecule has 17 heavy (non-hydrogen) atoms. The van der Waals surface area contributed by atoms with Crippen LogP contribution < -0.4 is 0 Å². The lowest BCUT2D eigenvalue weighted by Crippen LogP contribution is -2.15. The highest BCUT2D eigenvalue weighted by molar-refractivity contribution is 5.55. The maximum absolute atomic E-state index is 9.84. The van der Waals surface area contributed by atoms with Crippen LogP contribution in [0.25, 0.3) is 11.4 Å². The van der Waals surface area contributed by atoms with Gasteiger partial charge in [0.25, 0.3) is 0 Å². The van der Waals surface area contributed by atoms with Gasteiger partial charge in [-0.1, -0.05) is 43.7 Å². The van der Waals surface area contributed by atoms with Crippen LogP contribution in [0, 0.1) is 0 Å². The molecule has 3 heteroatoms. The number of aliphatic hydroxyl groups excluding tert-OH is 1. The molecule has 1 aromatic heterocycles. The Balaban J connectivity index is 2.18. The van der Waals surface area contributed by atoms with E-state index >= 15 is 0 Å². The van der Waals surface area contributed by atoms with Crippen LogP contribution in [0.4, 0.5) is 0 Å². The van der Waals surface area contributed by atoms with Gasteiger partial charge >= 0.3 is 0 Å². The van der Waals surface area contributed by atoms with Crippen molar-refractivity contribution >= 4 is 0 Å². The van der Waals surface area contributed by atoms with Crippen molar-refractivity contribution in [3.8, 4) is 11.4 Å². The van der Waals surface area contributed by atoms with Gasteiger partial charge in [-0.25, -0.2) is 4.98 Å². The second kappa shape index (κ2) is 5.64. The van der Waals surface area contributed by atoms with Gasteiger partial charge in [-0.05, 0) is 6.42 Å². The van der Waals surface area contributed by atoms with Gasteiger partial charge in [-0.3, -0.25) is 0 Å². The van der Waals surface area contributed by atoms with Crippen molar-refractivity contribution in [1.82, 2.24) is 9.55 Å². The minimum absolute atomic E-state index is 0.295. The van der Waals surface area contributed by atoms with Crippen LogP contribution in [0.1, 0.15) is 19.8 Å². The average molecular weight is 230 g/mol. The molecule has 0 aliphatic carbocycles. The quantitative estimate of drug-likeness (QED) is 0.857. The summed E-state index contributed by atoms with van der Waals surface area (Å²) in [6.45, 7) is 2.69. The highest BCUT2D eigenvalue weighted by Crippen LogP contribution is 2.17. The summed E-state index contributed by atoms with van der Waals surface area (Å²) in [6, 6.07) is 10.0. The van der Waals surface area contributed by atoms with Crippen molar-refractivity contribution in [2.45, 2.75) is 32.4 Å². The van der Waals surface area contributed by atoms with Gasteiger partial charge in [0, 0.05) is 18.0 Å². The summed E-state index contributed by atoms with van der Waals surface area (Å²) in [7, 11) is 0. The lowest BCUT2D eigenvalue weighted by molar-refractivity contribution is 0.144. The molecule has 0 aliphatic heterocycles. The standard InChI is InChI=1S/C14H18N2O/c1-2-6-13(17)11-16-10-9-15-14(16)12-7-4-3-5-8-12/h3-5,7-10,13,17H,2,6,11H2,1H3. The minimum Gasteiger partial charge on any atom is -0.391 e. The molecule has 0 aliphatic rings. The summed E-state index contributed by atoms with van der Waals surface area (Å²) in [5.41, 5.74) is 1.08. The number of aromatic nitrogens is 2. The van der Waals surface area contributed by atoms with Crippen LogP contribution in [0.2, 0.25) is 0 Å². The van der Waals surface area contributed by atoms with E-state index in [1.54, 1.807) is 6.20 Å². The molecular weight excluding hydrogens is 212 g/mol. The second-order valence-corrected chi connectivity index (χ2v) is 4.21. The predicted molar refractivity (Wildman–Crippen MR) is 68.6 cm³/mol. The molecule has 0 saturated heterocycles. The lowest BCUT2D eigenvalue weighted by atomic mass is 10.2. The predicted octanol–water partition coefficient (Wildman–Crippen LogP) is 2.71. The first kappa shape index (κ1) is 11.9. The molecule has 0 amide bonds. The summed E-state index contributed by atoms with van der Waals surface area (Å²) in [4.78, 5) is 4.35. The zero-order valence-corrected chi connectivity index (χ0v) is 10.1. The van der Waals surface area contributed by atoms with Crippen molar-refractivity contribution < 1.29 is 5.11 Å². The van der Waals surface area contributed by atoms with Crippen LogP contribution in [-0.2, 0) is 6.54 Å². The highest BCUT2D eigenvalue weighted by atomic mass is 16.3. The van der Waals surface area contributed by atoms with E-state index in [2.05, 4.69) is 11.9 Å². The number of hydrogen-bond donors (Lipinski definition) is 1. The van der Waals surface area contributed by atoms with Crippen LogP contribution in [0.15, 0.2) is 42.7 Å². The molecule has 0 saturated carbocycles. The van der Waals surface area contributed by atoms with Gasteiger partial charge in [0.15, 0.2) is 0 Å². The lowest BCUT2D eigenvalue weighted by Gasteiger charge is -2.12. The van der Waals surface area contributed by atoms with Crippen molar-refractivity contribution in [2.75, 3.05) is 0 Å². The smallest absolute Gasteiger partial charge is 0.139 e. The topological polar surface area (TPSA) is 38.0 Å². The Morgan fingerprint density at radius 2 is 2.06 bits per heavy atom. The number of imidazole rings is 1. The molecule has 3 nitrogen and oxygen atoms in total. The van der Waals surface area contributed by atoms with Crippen molar-refractivity contribution in [3.05, 3.63) is 42.7 Å². The van der Waals surface area contributed by atoms with E-state index in [0.717, 1.165) is 24.2 Å². The van der Waals surface area contributed by atoms with Crippen LogP contribution >= 0.6 is 0 Å². The average Bonchev–Trinajstić information content (AvgIpc) is 2.78. The Bertz CT molecular complexity index is 450. The van der Waals surface area contributed by atoms with Gasteiger partial charge < -0.3 is 9.67 Å². The highest BCUT2D eigenvalue weighted by Gasteiger charge is 2.09. The van der Waals surface area contributed by atoms with E-state index < -0.39 is 0 Å². The molecule has 1 aromatic carbocycles. The third-order valence-corrected chi connectivity index (χ3v) is 2.78. The van der Waals surface area contributed by atoms with Crippen molar-refractivity contribution in [3.63, 3.8) is 0 Å². The third-order valence-electron chi connectivity index (χ3n) is 2.78. The van der Waals surface area contributed by atoms with E-state index in [0.29, 0.717) is 6.54 Å². The molecule has 0 bridgehead atoms. The van der Waals surface area contributed by atoms with Crippen molar-refractivity contribution in [2.24, 2.45) is 0 Å². The van der Waals surface area contributed by atoms with Gasteiger partial charge in [-0.15, -0.1) is 0 Å². The first-order chi connectivity index (χ1) is 8.31. The Hall–Kier alpha value is -1.61. The summed E-state index contributed by atoms with van der Waals surface area (Å²) in [5.74, 6) is 0.917. The fourth-order valence-electron chi connectivity index (χ4n) is 1.96. The molecule has 1 N–H and O–H groups in total. The van der Waals surface area contributed by atoms with Gasteiger partial charge in [-0.2, -0.15) is 0 Å². The minimum atomic E-state index is -0.295. The molecule has 2 rings (SSSR count). The summed E-state index contributed by atoms with van der Waals surface area (Å²) in [5, 5.41) is 9.84. The van der Waals surface area contributed by atoms with Crippen LogP contribution in [-0.4, -0.2) is 20.8 Å². The fraction of sp³-hybridized carbons (Fsp3) is 0.357. The Morgan fingerprint density at radius 3 is 2.76 bits per heavy atom. The van der Waals surface area contributed by atoms with Crippen LogP contribution in [0.3, 0.4) is 0 Å². The van der Waals surface area contributed by atoms with E-state index in [1.165, 1.54) is 0 Å². The van der Waals surface area contributed by atoms with Gasteiger partial charge in [0.2, 0.25) is 0 Å². The Labute approximate surface area is 102 Å². The SMILES string of the molecule is CCCC(O)Cn1ccnc1-c1ccccc1. The molecule has 0 fully saturated rings. The number of nitrogens with zero attached hydrogens (tertiary/aromatic N) is 2. The molecule has 90 valence electrons. The Kier molecular flexibility index (Phi) is 3.94. The summed E-state index contributed by atoms with van der Waals surface area (Å²) >= 11 is 0. The van der Waals surface area contributed by atoms with Gasteiger partial charge in [0.1, 0.15) is 5.82 Å². The zero-order chi connectivity index (χ0) is 12.1. The van der Waals surface area contributed by atoms with Gasteiger partial charge in [0.05, 0.1) is 12.6 Å². The molecule has 0 spiro atoms. The fourth-order valence-corrected chi connectivity index (χ4v) is 1.96. The molecule has 1 heterocycles. The number of aliphatic hydroxyl groups is 1. The molecular formula is C14H18N2O. The third kappa shape index (κ3) is 2.94. The summed E-state index contributed by atoms with van der Waals surface area (Å²) < 4.78 is 2.01. The summed E-state index contributed by atoms with van der Waals surface area (Å²) in [6.07, 6.45) is 5.22. The van der Waals surface area contributed by atoms with Crippen molar-refractivity contribution in [1.29, 1.82) is 0 Å². The van der Waals surface area contributed by atoms with E-state index in [-0.39, 0.29) is 6.10 Å². The molecule has 2 aromatic rings. The number of benzene rings is 1. The largest absolute Gasteiger partial charge is 0.391 e. The maximum atomic E-state index is 9.84. The van der Waals surface area contributed by atoms with E-state index in [1.807, 2.05) is 41.1 Å². The van der Waals surface area contributed by atoms with Crippen LogP contribution in [0.5, 0.6) is 0 Å². The zero-order valence-electron chi connectivity index (χ0n) is 10.1. The molecule has 0 radical (unpaired) electrons. The maximum Gasteiger partial charge on any atom is 0.139 e. The monoisotopic (exact) mass is 230 g/mol.